The maximum absolute atomic E-state index is 9.63. The Balaban J connectivity index is 2.55. The molecule has 0 spiro atoms. The number of aliphatic hydroxyl groups excluding tert-OH is 1. The van der Waals surface area contributed by atoms with E-state index in [9.17, 15) is 5.11 Å². The van der Waals surface area contributed by atoms with Gasteiger partial charge in [-0.3, -0.25) is 4.90 Å². The number of hydrogen-bond acceptors (Lipinski definition) is 3. The number of nitrogens with one attached hydrogen (secondary N) is 1. The van der Waals surface area contributed by atoms with Crippen molar-refractivity contribution in [1.82, 2.24) is 10.2 Å². The van der Waals surface area contributed by atoms with E-state index < -0.39 is 0 Å². The van der Waals surface area contributed by atoms with Crippen LogP contribution in [0.3, 0.4) is 0 Å². The van der Waals surface area contributed by atoms with E-state index in [0.717, 1.165) is 19.1 Å². The Labute approximate surface area is 107 Å². The molecule has 0 aromatic heterocycles. The third-order valence-electron chi connectivity index (χ3n) is 3.20. The highest BCUT2D eigenvalue weighted by molar-refractivity contribution is 4.93. The van der Waals surface area contributed by atoms with Crippen molar-refractivity contribution in [3.05, 3.63) is 0 Å². The van der Waals surface area contributed by atoms with Gasteiger partial charge in [-0.2, -0.15) is 0 Å². The van der Waals surface area contributed by atoms with E-state index in [1.165, 1.54) is 12.8 Å². The van der Waals surface area contributed by atoms with Gasteiger partial charge in [0.2, 0.25) is 0 Å². The second-order valence-electron chi connectivity index (χ2n) is 6.57. The summed E-state index contributed by atoms with van der Waals surface area (Å²) in [7, 11) is 0. The van der Waals surface area contributed by atoms with Crippen LogP contribution in [-0.4, -0.2) is 47.3 Å². The van der Waals surface area contributed by atoms with Gasteiger partial charge in [0.1, 0.15) is 0 Å². The quantitative estimate of drug-likeness (QED) is 0.682. The van der Waals surface area contributed by atoms with Crippen LogP contribution in [-0.2, 0) is 0 Å². The average Bonchev–Trinajstić information content (AvgIpc) is 2.97. The Morgan fingerprint density at radius 1 is 1.29 bits per heavy atom. The van der Waals surface area contributed by atoms with Gasteiger partial charge in [0.05, 0.1) is 12.1 Å². The molecule has 1 rings (SSSR count). The standard InChI is InChI=1S/C14H30N2O/c1-11(2)8-16(13-6-7-13)9-14(5,10-17)15-12(3)4/h11-13,15,17H,6-10H2,1-5H3. The minimum Gasteiger partial charge on any atom is -0.394 e. The predicted molar refractivity (Wildman–Crippen MR) is 73.2 cm³/mol. The molecule has 0 amide bonds. The first kappa shape index (κ1) is 14.9. The minimum atomic E-state index is -0.175. The highest BCUT2D eigenvalue weighted by Crippen LogP contribution is 2.29. The van der Waals surface area contributed by atoms with Gasteiger partial charge in [0, 0.05) is 25.2 Å². The molecule has 3 heteroatoms. The Morgan fingerprint density at radius 3 is 2.24 bits per heavy atom. The lowest BCUT2D eigenvalue weighted by Crippen LogP contribution is -2.57. The maximum Gasteiger partial charge on any atom is 0.0623 e. The van der Waals surface area contributed by atoms with Crippen molar-refractivity contribution < 1.29 is 5.11 Å². The van der Waals surface area contributed by atoms with Crippen LogP contribution in [0.25, 0.3) is 0 Å². The van der Waals surface area contributed by atoms with Crippen molar-refractivity contribution in [2.24, 2.45) is 5.92 Å². The zero-order valence-corrected chi connectivity index (χ0v) is 12.2. The Hall–Kier alpha value is -0.120. The van der Waals surface area contributed by atoms with E-state index in [-0.39, 0.29) is 12.1 Å². The fourth-order valence-electron chi connectivity index (χ4n) is 2.54. The largest absolute Gasteiger partial charge is 0.394 e. The second kappa shape index (κ2) is 6.17. The summed E-state index contributed by atoms with van der Waals surface area (Å²) < 4.78 is 0. The topological polar surface area (TPSA) is 35.5 Å². The van der Waals surface area contributed by atoms with Gasteiger partial charge < -0.3 is 10.4 Å². The summed E-state index contributed by atoms with van der Waals surface area (Å²) in [5.41, 5.74) is -0.175. The van der Waals surface area contributed by atoms with Gasteiger partial charge in [-0.05, 0) is 25.7 Å². The van der Waals surface area contributed by atoms with Crippen molar-refractivity contribution in [2.75, 3.05) is 19.7 Å². The highest BCUT2D eigenvalue weighted by atomic mass is 16.3. The van der Waals surface area contributed by atoms with Crippen LogP contribution in [0.4, 0.5) is 0 Å². The lowest BCUT2D eigenvalue weighted by Gasteiger charge is -2.37. The van der Waals surface area contributed by atoms with Crippen LogP contribution in [0.1, 0.15) is 47.5 Å². The van der Waals surface area contributed by atoms with Gasteiger partial charge in [0.25, 0.3) is 0 Å². The number of nitrogens with zero attached hydrogens (tertiary/aromatic N) is 1. The van der Waals surface area contributed by atoms with Crippen molar-refractivity contribution in [3.8, 4) is 0 Å². The van der Waals surface area contributed by atoms with E-state index >= 15 is 0 Å². The molecule has 1 fully saturated rings. The molecule has 1 aliphatic rings. The SMILES string of the molecule is CC(C)CN(CC(C)(CO)NC(C)C)C1CC1. The van der Waals surface area contributed by atoms with Crippen LogP contribution >= 0.6 is 0 Å². The first-order chi connectivity index (χ1) is 7.86. The van der Waals surface area contributed by atoms with Crippen LogP contribution in [0, 0.1) is 5.92 Å². The lowest BCUT2D eigenvalue weighted by molar-refractivity contribution is 0.102. The third-order valence-corrected chi connectivity index (χ3v) is 3.20. The van der Waals surface area contributed by atoms with Gasteiger partial charge in [-0.25, -0.2) is 0 Å². The molecule has 2 N–H and O–H groups in total. The van der Waals surface area contributed by atoms with Crippen molar-refractivity contribution >= 4 is 0 Å². The maximum atomic E-state index is 9.63. The molecule has 0 saturated heterocycles. The summed E-state index contributed by atoms with van der Waals surface area (Å²) in [5, 5.41) is 13.1. The van der Waals surface area contributed by atoms with E-state index in [1.54, 1.807) is 0 Å². The van der Waals surface area contributed by atoms with E-state index in [1.807, 2.05) is 0 Å². The van der Waals surface area contributed by atoms with Gasteiger partial charge in [-0.15, -0.1) is 0 Å². The smallest absolute Gasteiger partial charge is 0.0623 e. The fourth-order valence-corrected chi connectivity index (χ4v) is 2.54. The zero-order valence-electron chi connectivity index (χ0n) is 12.2. The molecular formula is C14H30N2O. The Kier molecular flexibility index (Phi) is 5.42. The molecule has 0 aromatic rings. The summed E-state index contributed by atoms with van der Waals surface area (Å²) in [6, 6.07) is 1.17. The summed E-state index contributed by atoms with van der Waals surface area (Å²) >= 11 is 0. The molecule has 0 aromatic carbocycles. The Bertz CT molecular complexity index is 226. The molecule has 102 valence electrons. The van der Waals surface area contributed by atoms with Crippen LogP contribution in [0.5, 0.6) is 0 Å². The third kappa shape index (κ3) is 5.36. The summed E-state index contributed by atoms with van der Waals surface area (Å²) in [4.78, 5) is 2.55. The molecular weight excluding hydrogens is 212 g/mol. The number of rotatable bonds is 8. The van der Waals surface area contributed by atoms with Crippen molar-refractivity contribution in [2.45, 2.75) is 65.1 Å². The summed E-state index contributed by atoms with van der Waals surface area (Å²) in [6.07, 6.45) is 2.66. The molecule has 3 nitrogen and oxygen atoms in total. The molecule has 0 heterocycles. The zero-order chi connectivity index (χ0) is 13.1. The first-order valence-corrected chi connectivity index (χ1v) is 6.99. The molecule has 1 aliphatic carbocycles. The van der Waals surface area contributed by atoms with E-state index in [2.05, 4.69) is 44.8 Å². The Morgan fingerprint density at radius 2 is 1.88 bits per heavy atom. The number of hydrogen-bond donors (Lipinski definition) is 2. The summed E-state index contributed by atoms with van der Waals surface area (Å²) in [6.45, 7) is 13.2. The molecule has 1 unspecified atom stereocenters. The van der Waals surface area contributed by atoms with E-state index in [4.69, 9.17) is 0 Å². The van der Waals surface area contributed by atoms with Crippen LogP contribution < -0.4 is 5.32 Å². The lowest BCUT2D eigenvalue weighted by atomic mass is 10.0. The van der Waals surface area contributed by atoms with Gasteiger partial charge in [-0.1, -0.05) is 27.7 Å². The molecule has 0 radical (unpaired) electrons. The number of aliphatic hydroxyl groups is 1. The van der Waals surface area contributed by atoms with Crippen molar-refractivity contribution in [1.29, 1.82) is 0 Å². The van der Waals surface area contributed by atoms with Crippen molar-refractivity contribution in [3.63, 3.8) is 0 Å². The molecule has 1 atom stereocenters. The van der Waals surface area contributed by atoms with Crippen LogP contribution in [0.15, 0.2) is 0 Å². The molecule has 0 aliphatic heterocycles. The average molecular weight is 242 g/mol. The second-order valence-corrected chi connectivity index (χ2v) is 6.57. The highest BCUT2D eigenvalue weighted by Gasteiger charge is 2.35. The van der Waals surface area contributed by atoms with Gasteiger partial charge in [0.15, 0.2) is 0 Å². The molecule has 1 saturated carbocycles. The minimum absolute atomic E-state index is 0.175. The molecule has 17 heavy (non-hydrogen) atoms. The predicted octanol–water partition coefficient (Wildman–Crippen LogP) is 1.86. The van der Waals surface area contributed by atoms with Crippen LogP contribution in [0.2, 0.25) is 0 Å². The monoisotopic (exact) mass is 242 g/mol. The fraction of sp³-hybridized carbons (Fsp3) is 1.00. The van der Waals surface area contributed by atoms with Gasteiger partial charge >= 0.3 is 0 Å². The summed E-state index contributed by atoms with van der Waals surface area (Å²) in [5.74, 6) is 0.692. The normalized spacial score (nSPS) is 20.3. The first-order valence-electron chi connectivity index (χ1n) is 6.99. The molecule has 0 bridgehead atoms. The van der Waals surface area contributed by atoms with E-state index in [0.29, 0.717) is 12.0 Å².